The van der Waals surface area contributed by atoms with Crippen molar-refractivity contribution in [3.05, 3.63) is 57.8 Å². The molecule has 0 bridgehead atoms. The molecule has 0 atom stereocenters. The minimum absolute atomic E-state index is 0.259. The third kappa shape index (κ3) is 4.54. The van der Waals surface area contributed by atoms with Gasteiger partial charge in [0.05, 0.1) is 16.3 Å². The molecule has 21 heavy (non-hydrogen) atoms. The summed E-state index contributed by atoms with van der Waals surface area (Å²) in [5, 5.41) is 2.97. The molecular weight excluding hydrogens is 360 g/mol. The highest BCUT2D eigenvalue weighted by Gasteiger charge is 2.11. The molecule has 0 fully saturated rings. The van der Waals surface area contributed by atoms with Gasteiger partial charge in [0.25, 0.3) is 5.91 Å². The third-order valence-electron chi connectivity index (χ3n) is 2.42. The molecule has 0 saturated heterocycles. The van der Waals surface area contributed by atoms with Crippen molar-refractivity contribution < 1.29 is 14.3 Å². The zero-order valence-electron chi connectivity index (χ0n) is 10.7. The van der Waals surface area contributed by atoms with Crippen LogP contribution in [0.15, 0.2) is 47.2 Å². The summed E-state index contributed by atoms with van der Waals surface area (Å²) in [5.74, 6) is -1.10. The average molecular weight is 370 g/mol. The van der Waals surface area contributed by atoms with Gasteiger partial charge in [0.2, 0.25) is 0 Å². The van der Waals surface area contributed by atoms with Gasteiger partial charge in [-0.25, -0.2) is 4.79 Å². The highest BCUT2D eigenvalue weighted by molar-refractivity contribution is 9.10. The van der Waals surface area contributed by atoms with Gasteiger partial charge in [-0.3, -0.25) is 9.78 Å². The molecule has 0 radical (unpaired) electrons. The molecule has 0 saturated carbocycles. The number of carbonyl (C=O) groups excluding carboxylic acids is 2. The summed E-state index contributed by atoms with van der Waals surface area (Å²) in [6.45, 7) is -0.406. The number of hydrogen-bond acceptors (Lipinski definition) is 4. The topological polar surface area (TPSA) is 68.3 Å². The summed E-state index contributed by atoms with van der Waals surface area (Å²) < 4.78 is 5.55. The number of aromatic nitrogens is 1. The first-order valence-electron chi connectivity index (χ1n) is 5.88. The van der Waals surface area contributed by atoms with E-state index in [0.29, 0.717) is 15.2 Å². The Kier molecular flexibility index (Phi) is 5.30. The van der Waals surface area contributed by atoms with Crippen molar-refractivity contribution in [3.8, 4) is 0 Å². The molecule has 0 aliphatic carbocycles. The average Bonchev–Trinajstić information content (AvgIpc) is 2.47. The first-order valence-corrected chi connectivity index (χ1v) is 7.05. The number of esters is 1. The van der Waals surface area contributed by atoms with Crippen LogP contribution in [0, 0.1) is 0 Å². The Morgan fingerprint density at radius 3 is 2.76 bits per heavy atom. The number of para-hydroxylation sites is 1. The van der Waals surface area contributed by atoms with Crippen LogP contribution < -0.4 is 5.32 Å². The summed E-state index contributed by atoms with van der Waals surface area (Å²) in [6.07, 6.45) is 2.90. The second-order valence-corrected chi connectivity index (χ2v) is 5.32. The number of ether oxygens (including phenoxy) is 1. The first kappa shape index (κ1) is 15.5. The van der Waals surface area contributed by atoms with Crippen molar-refractivity contribution in [2.45, 2.75) is 0 Å². The molecule has 2 rings (SSSR count). The number of halogens is 2. The zero-order valence-corrected chi connectivity index (χ0v) is 13.0. The summed E-state index contributed by atoms with van der Waals surface area (Å²) in [4.78, 5) is 27.3. The zero-order chi connectivity index (χ0) is 15.2. The molecule has 0 spiro atoms. The number of carbonyl (C=O) groups is 2. The summed E-state index contributed by atoms with van der Waals surface area (Å²) in [5.41, 5.74) is 0.722. The van der Waals surface area contributed by atoms with Crippen LogP contribution in [0.5, 0.6) is 0 Å². The molecule has 0 unspecified atom stereocenters. The van der Waals surface area contributed by atoms with E-state index in [0.717, 1.165) is 0 Å². The van der Waals surface area contributed by atoms with Crippen LogP contribution >= 0.6 is 27.5 Å². The number of hydrogen-bond donors (Lipinski definition) is 1. The fraction of sp³-hybridized carbons (Fsp3) is 0.0714. The SMILES string of the molecule is O=C(COC(=O)c1cncc(Br)c1)Nc1ccccc1Cl. The van der Waals surface area contributed by atoms with E-state index in [1.165, 1.54) is 6.20 Å². The number of nitrogens with one attached hydrogen (secondary N) is 1. The quantitative estimate of drug-likeness (QED) is 0.840. The third-order valence-corrected chi connectivity index (χ3v) is 3.19. The van der Waals surface area contributed by atoms with Crippen LogP contribution in [0.3, 0.4) is 0 Å². The molecule has 5 nitrogen and oxygen atoms in total. The van der Waals surface area contributed by atoms with E-state index in [-0.39, 0.29) is 5.56 Å². The van der Waals surface area contributed by atoms with Gasteiger partial charge < -0.3 is 10.1 Å². The van der Waals surface area contributed by atoms with Crippen molar-refractivity contribution in [3.63, 3.8) is 0 Å². The van der Waals surface area contributed by atoms with Gasteiger partial charge >= 0.3 is 5.97 Å². The van der Waals surface area contributed by atoms with Gasteiger partial charge in [-0.2, -0.15) is 0 Å². The lowest BCUT2D eigenvalue weighted by atomic mass is 10.3. The van der Waals surface area contributed by atoms with Crippen LogP contribution in [0.2, 0.25) is 5.02 Å². The maximum Gasteiger partial charge on any atom is 0.340 e. The Balaban J connectivity index is 1.90. The lowest BCUT2D eigenvalue weighted by Gasteiger charge is -2.07. The lowest BCUT2D eigenvalue weighted by Crippen LogP contribution is -2.21. The maximum atomic E-state index is 11.7. The molecule has 2 aromatic rings. The van der Waals surface area contributed by atoms with Gasteiger partial charge in [-0.15, -0.1) is 0 Å². The maximum absolute atomic E-state index is 11.7. The van der Waals surface area contributed by atoms with E-state index < -0.39 is 18.5 Å². The van der Waals surface area contributed by atoms with Crippen molar-refractivity contribution in [2.24, 2.45) is 0 Å². The summed E-state index contributed by atoms with van der Waals surface area (Å²) >= 11 is 9.11. The molecule has 0 aliphatic heterocycles. The predicted octanol–water partition coefficient (Wildman–Crippen LogP) is 3.29. The Labute approximate surface area is 134 Å². The molecule has 1 heterocycles. The minimum atomic E-state index is -0.627. The Morgan fingerprint density at radius 2 is 2.05 bits per heavy atom. The Hall–Kier alpha value is -1.92. The highest BCUT2D eigenvalue weighted by atomic mass is 79.9. The highest BCUT2D eigenvalue weighted by Crippen LogP contribution is 2.20. The van der Waals surface area contributed by atoms with Crippen molar-refractivity contribution in [1.29, 1.82) is 0 Å². The van der Waals surface area contributed by atoms with E-state index in [1.54, 1.807) is 36.5 Å². The van der Waals surface area contributed by atoms with Gasteiger partial charge in [0.15, 0.2) is 6.61 Å². The summed E-state index contributed by atoms with van der Waals surface area (Å²) in [7, 11) is 0. The molecule has 1 amide bonds. The van der Waals surface area contributed by atoms with Crippen LogP contribution in [0.1, 0.15) is 10.4 Å². The van der Waals surface area contributed by atoms with E-state index in [2.05, 4.69) is 26.2 Å². The molecule has 7 heteroatoms. The Bertz CT molecular complexity index is 679. The van der Waals surface area contributed by atoms with Crippen LogP contribution in [0.4, 0.5) is 5.69 Å². The molecule has 1 aromatic carbocycles. The molecular formula is C14H10BrClN2O3. The molecule has 1 N–H and O–H groups in total. The number of nitrogens with zero attached hydrogens (tertiary/aromatic N) is 1. The fourth-order valence-corrected chi connectivity index (χ4v) is 2.03. The number of rotatable bonds is 4. The molecule has 0 aliphatic rings. The van der Waals surface area contributed by atoms with E-state index >= 15 is 0 Å². The van der Waals surface area contributed by atoms with Gasteiger partial charge in [0, 0.05) is 16.9 Å². The number of pyridine rings is 1. The van der Waals surface area contributed by atoms with Crippen LogP contribution in [0.25, 0.3) is 0 Å². The van der Waals surface area contributed by atoms with Gasteiger partial charge in [-0.1, -0.05) is 23.7 Å². The normalized spacial score (nSPS) is 10.0. The monoisotopic (exact) mass is 368 g/mol. The van der Waals surface area contributed by atoms with E-state index in [4.69, 9.17) is 16.3 Å². The van der Waals surface area contributed by atoms with Crippen molar-refractivity contribution in [2.75, 3.05) is 11.9 Å². The van der Waals surface area contributed by atoms with Gasteiger partial charge in [-0.05, 0) is 34.1 Å². The first-order chi connectivity index (χ1) is 10.1. The predicted molar refractivity (Wildman–Crippen MR) is 82.3 cm³/mol. The summed E-state index contributed by atoms with van der Waals surface area (Å²) in [6, 6.07) is 8.34. The molecule has 108 valence electrons. The number of anilines is 1. The standard InChI is InChI=1S/C14H10BrClN2O3/c15-10-5-9(6-17-7-10)14(20)21-8-13(19)18-12-4-2-1-3-11(12)16/h1-7H,8H2,(H,18,19). The fourth-order valence-electron chi connectivity index (χ4n) is 1.49. The van der Waals surface area contributed by atoms with Gasteiger partial charge in [0.1, 0.15) is 0 Å². The second-order valence-electron chi connectivity index (χ2n) is 4.00. The second kappa shape index (κ2) is 7.19. The van der Waals surface area contributed by atoms with E-state index in [9.17, 15) is 9.59 Å². The van der Waals surface area contributed by atoms with Crippen LogP contribution in [-0.2, 0) is 9.53 Å². The number of benzene rings is 1. The molecule has 1 aromatic heterocycles. The van der Waals surface area contributed by atoms with Crippen molar-refractivity contribution in [1.82, 2.24) is 4.98 Å². The van der Waals surface area contributed by atoms with E-state index in [1.807, 2.05) is 0 Å². The Morgan fingerprint density at radius 1 is 1.29 bits per heavy atom. The number of amides is 1. The smallest absolute Gasteiger partial charge is 0.340 e. The minimum Gasteiger partial charge on any atom is -0.452 e. The van der Waals surface area contributed by atoms with Crippen molar-refractivity contribution >= 4 is 45.1 Å². The lowest BCUT2D eigenvalue weighted by molar-refractivity contribution is -0.119. The largest absolute Gasteiger partial charge is 0.452 e. The van der Waals surface area contributed by atoms with Crippen LogP contribution in [-0.4, -0.2) is 23.5 Å².